The van der Waals surface area contributed by atoms with Crippen LogP contribution >= 0.6 is 0 Å². The summed E-state index contributed by atoms with van der Waals surface area (Å²) in [5, 5.41) is 0. The molecule has 7 nitrogen and oxygen atoms in total. The molecular weight excluding hydrogens is 488 g/mol. The standard InChI is InChI=1S/C29H42N2O5S/c1-4-5-7-11-23(2)31-19-27(22-35-20-24-12-8-6-9-13-24)36-28-18-25(15-16-29(28)37(31,32)33)30-17-10-14-26(30)21-34-3/h6,8-9,12-13,15-16,18,23,26-27H,4-5,7,10-11,14,17,19-22H2,1-3H3/t23-,26+,27+/m1/s1. The molecule has 0 unspecified atom stereocenters. The minimum absolute atomic E-state index is 0.118. The molecule has 0 radical (unpaired) electrons. The number of fused-ring (bicyclic) bond motifs is 1. The first-order chi connectivity index (χ1) is 17.9. The number of rotatable bonds is 12. The minimum Gasteiger partial charge on any atom is -0.485 e. The van der Waals surface area contributed by atoms with Crippen molar-refractivity contribution in [1.82, 2.24) is 4.31 Å². The van der Waals surface area contributed by atoms with Crippen molar-refractivity contribution in [2.24, 2.45) is 0 Å². The molecule has 8 heteroatoms. The summed E-state index contributed by atoms with van der Waals surface area (Å²) in [7, 11) is -2.00. The average molecular weight is 531 g/mol. The van der Waals surface area contributed by atoms with Crippen LogP contribution in [-0.4, -0.2) is 64.3 Å². The lowest BCUT2D eigenvalue weighted by Gasteiger charge is -2.28. The zero-order chi connectivity index (χ0) is 26.3. The van der Waals surface area contributed by atoms with Crippen molar-refractivity contribution >= 4 is 15.7 Å². The monoisotopic (exact) mass is 530 g/mol. The van der Waals surface area contributed by atoms with Gasteiger partial charge in [-0.2, -0.15) is 4.31 Å². The second kappa shape index (κ2) is 13.1. The molecule has 2 aromatic rings. The van der Waals surface area contributed by atoms with Crippen molar-refractivity contribution < 1.29 is 22.6 Å². The maximum Gasteiger partial charge on any atom is 0.247 e. The smallest absolute Gasteiger partial charge is 0.247 e. The van der Waals surface area contributed by atoms with E-state index in [0.29, 0.717) is 25.6 Å². The highest BCUT2D eigenvalue weighted by Gasteiger charge is 2.38. The van der Waals surface area contributed by atoms with Gasteiger partial charge in [0.25, 0.3) is 0 Å². The van der Waals surface area contributed by atoms with Gasteiger partial charge in [-0.3, -0.25) is 0 Å². The largest absolute Gasteiger partial charge is 0.485 e. The maximum atomic E-state index is 13.9. The minimum atomic E-state index is -3.72. The van der Waals surface area contributed by atoms with Gasteiger partial charge < -0.3 is 19.1 Å². The molecule has 2 heterocycles. The molecule has 0 saturated carbocycles. The first kappa shape index (κ1) is 27.9. The van der Waals surface area contributed by atoms with Crippen molar-refractivity contribution in [3.8, 4) is 5.75 Å². The van der Waals surface area contributed by atoms with E-state index in [9.17, 15) is 8.42 Å². The fourth-order valence-corrected chi connectivity index (χ4v) is 7.18. The zero-order valence-electron chi connectivity index (χ0n) is 22.5. The van der Waals surface area contributed by atoms with Gasteiger partial charge in [0, 0.05) is 31.5 Å². The second-order valence-electron chi connectivity index (χ2n) is 10.2. The number of sulfonamides is 1. The molecule has 0 N–H and O–H groups in total. The Morgan fingerprint density at radius 3 is 2.68 bits per heavy atom. The Balaban J connectivity index is 1.60. The lowest BCUT2D eigenvalue weighted by Crippen LogP contribution is -2.44. The Morgan fingerprint density at radius 1 is 1.11 bits per heavy atom. The predicted octanol–water partition coefficient (Wildman–Crippen LogP) is 5.24. The fourth-order valence-electron chi connectivity index (χ4n) is 5.38. The van der Waals surface area contributed by atoms with Gasteiger partial charge in [0.2, 0.25) is 10.0 Å². The third-order valence-corrected chi connectivity index (χ3v) is 9.41. The van der Waals surface area contributed by atoms with Crippen LogP contribution in [-0.2, 0) is 26.1 Å². The number of hydrogen-bond donors (Lipinski definition) is 0. The topological polar surface area (TPSA) is 68.3 Å². The van der Waals surface area contributed by atoms with E-state index in [1.807, 2.05) is 49.4 Å². The number of unbranched alkanes of at least 4 members (excludes halogenated alkanes) is 2. The number of benzene rings is 2. The summed E-state index contributed by atoms with van der Waals surface area (Å²) in [4.78, 5) is 2.54. The van der Waals surface area contributed by atoms with E-state index in [-0.39, 0.29) is 23.5 Å². The molecule has 37 heavy (non-hydrogen) atoms. The van der Waals surface area contributed by atoms with E-state index in [1.165, 1.54) is 0 Å². The summed E-state index contributed by atoms with van der Waals surface area (Å²) in [6.45, 7) is 6.77. The van der Waals surface area contributed by atoms with Crippen LogP contribution in [0.5, 0.6) is 5.75 Å². The van der Waals surface area contributed by atoms with E-state index < -0.39 is 16.1 Å². The Hall–Kier alpha value is -2.13. The van der Waals surface area contributed by atoms with Crippen molar-refractivity contribution in [2.45, 2.75) is 82.1 Å². The average Bonchev–Trinajstić information content (AvgIpc) is 3.32. The van der Waals surface area contributed by atoms with Crippen LogP contribution in [0.1, 0.15) is 57.9 Å². The molecule has 2 aromatic carbocycles. The van der Waals surface area contributed by atoms with Crippen LogP contribution in [0, 0.1) is 0 Å². The van der Waals surface area contributed by atoms with Gasteiger partial charge in [-0.1, -0.05) is 56.5 Å². The SMILES string of the molecule is CCCCC[C@@H](C)N1C[C@@H](COCc2ccccc2)Oc2cc(N3CCC[C@H]3COC)ccc2S1(=O)=O. The highest BCUT2D eigenvalue weighted by atomic mass is 32.2. The molecule has 0 aromatic heterocycles. The van der Waals surface area contributed by atoms with Crippen LogP contribution in [0.4, 0.5) is 5.69 Å². The number of hydrogen-bond acceptors (Lipinski definition) is 6. The molecule has 2 aliphatic rings. The van der Waals surface area contributed by atoms with E-state index in [0.717, 1.165) is 56.3 Å². The lowest BCUT2D eigenvalue weighted by molar-refractivity contribution is 0.0310. The Bertz CT molecular complexity index is 1090. The van der Waals surface area contributed by atoms with Gasteiger partial charge in [-0.05, 0) is 43.9 Å². The third-order valence-electron chi connectivity index (χ3n) is 7.39. The van der Waals surface area contributed by atoms with Gasteiger partial charge in [0.05, 0.1) is 32.4 Å². The van der Waals surface area contributed by atoms with Gasteiger partial charge in [-0.15, -0.1) is 0 Å². The molecular formula is C29H42N2O5S. The van der Waals surface area contributed by atoms with Gasteiger partial charge in [0.15, 0.2) is 0 Å². The molecule has 204 valence electrons. The molecule has 1 fully saturated rings. The van der Waals surface area contributed by atoms with Crippen molar-refractivity contribution in [2.75, 3.05) is 38.3 Å². The first-order valence-electron chi connectivity index (χ1n) is 13.6. The number of anilines is 1. The summed E-state index contributed by atoms with van der Waals surface area (Å²) in [5.74, 6) is 0.414. The normalized spacial score (nSPS) is 22.3. The van der Waals surface area contributed by atoms with Crippen LogP contribution in [0.15, 0.2) is 53.4 Å². The summed E-state index contributed by atoms with van der Waals surface area (Å²) in [6.07, 6.45) is 5.76. The van der Waals surface area contributed by atoms with Crippen LogP contribution in [0.3, 0.4) is 0 Å². The molecule has 2 aliphatic heterocycles. The zero-order valence-corrected chi connectivity index (χ0v) is 23.3. The van der Waals surface area contributed by atoms with E-state index in [4.69, 9.17) is 14.2 Å². The number of methoxy groups -OCH3 is 1. The molecule has 0 bridgehead atoms. The Morgan fingerprint density at radius 2 is 1.92 bits per heavy atom. The fraction of sp³-hybridized carbons (Fsp3) is 0.586. The Labute approximate surface area is 222 Å². The Kier molecular flexibility index (Phi) is 9.87. The van der Waals surface area contributed by atoms with E-state index in [2.05, 4.69) is 11.8 Å². The molecule has 3 atom stereocenters. The second-order valence-corrected chi connectivity index (χ2v) is 12.1. The molecule has 1 saturated heterocycles. The highest BCUT2D eigenvalue weighted by molar-refractivity contribution is 7.89. The van der Waals surface area contributed by atoms with Crippen molar-refractivity contribution in [1.29, 1.82) is 0 Å². The van der Waals surface area contributed by atoms with Crippen LogP contribution < -0.4 is 9.64 Å². The summed E-state index contributed by atoms with van der Waals surface area (Å²) < 4.78 is 47.3. The number of nitrogens with zero attached hydrogens (tertiary/aromatic N) is 2. The van der Waals surface area contributed by atoms with E-state index in [1.54, 1.807) is 17.5 Å². The molecule has 0 spiro atoms. The molecule has 0 aliphatic carbocycles. The first-order valence-corrected chi connectivity index (χ1v) is 15.1. The lowest BCUT2D eigenvalue weighted by atomic mass is 10.1. The van der Waals surface area contributed by atoms with Crippen LogP contribution in [0.2, 0.25) is 0 Å². The summed E-state index contributed by atoms with van der Waals surface area (Å²) in [5.41, 5.74) is 2.05. The van der Waals surface area contributed by atoms with Crippen molar-refractivity contribution in [3.63, 3.8) is 0 Å². The highest BCUT2D eigenvalue weighted by Crippen LogP contribution is 2.37. The van der Waals surface area contributed by atoms with Gasteiger partial charge in [0.1, 0.15) is 16.7 Å². The predicted molar refractivity (Wildman–Crippen MR) is 147 cm³/mol. The maximum absolute atomic E-state index is 13.9. The quantitative estimate of drug-likeness (QED) is 0.350. The van der Waals surface area contributed by atoms with Crippen LogP contribution in [0.25, 0.3) is 0 Å². The number of ether oxygens (including phenoxy) is 3. The van der Waals surface area contributed by atoms with E-state index >= 15 is 0 Å². The van der Waals surface area contributed by atoms with Crippen molar-refractivity contribution in [3.05, 3.63) is 54.1 Å². The summed E-state index contributed by atoms with van der Waals surface area (Å²) in [6, 6.07) is 15.7. The van der Waals surface area contributed by atoms with Gasteiger partial charge in [-0.25, -0.2) is 8.42 Å². The molecule has 4 rings (SSSR count). The van der Waals surface area contributed by atoms with Gasteiger partial charge >= 0.3 is 0 Å². The third kappa shape index (κ3) is 6.85. The summed E-state index contributed by atoms with van der Waals surface area (Å²) >= 11 is 0. The molecule has 0 amide bonds.